The van der Waals surface area contributed by atoms with Gasteiger partial charge in [-0.25, -0.2) is 4.79 Å². The van der Waals surface area contributed by atoms with Crippen LogP contribution in [0.15, 0.2) is 35.5 Å². The number of esters is 1. The Kier molecular flexibility index (Phi) is 5.42. The highest BCUT2D eigenvalue weighted by Gasteiger charge is 1.97. The number of hydrogen-bond donors (Lipinski definition) is 1. The molecule has 0 spiro atoms. The zero-order valence-corrected chi connectivity index (χ0v) is 9.87. The van der Waals surface area contributed by atoms with Crippen molar-refractivity contribution in [2.45, 2.75) is 11.8 Å². The minimum absolute atomic E-state index is 0.314. The molecule has 16 heavy (non-hydrogen) atoms. The molecule has 4 nitrogen and oxygen atoms in total. The highest BCUT2D eigenvalue weighted by Crippen LogP contribution is 2.23. The Labute approximate surface area is 98.9 Å². The van der Waals surface area contributed by atoms with Crippen LogP contribution < -0.4 is 5.73 Å². The summed E-state index contributed by atoms with van der Waals surface area (Å²) in [5.41, 5.74) is 6.36. The number of aromatic nitrogens is 1. The summed E-state index contributed by atoms with van der Waals surface area (Å²) >= 11 is 1.55. The van der Waals surface area contributed by atoms with E-state index in [1.807, 2.05) is 6.07 Å². The van der Waals surface area contributed by atoms with Crippen LogP contribution in [-0.4, -0.2) is 23.3 Å². The van der Waals surface area contributed by atoms with Gasteiger partial charge in [0.25, 0.3) is 0 Å². The maximum atomic E-state index is 11.0. The van der Waals surface area contributed by atoms with Gasteiger partial charge in [-0.2, -0.15) is 0 Å². The molecule has 0 saturated heterocycles. The summed E-state index contributed by atoms with van der Waals surface area (Å²) in [7, 11) is 0. The maximum absolute atomic E-state index is 11.0. The van der Waals surface area contributed by atoms with Crippen molar-refractivity contribution in [1.29, 1.82) is 0 Å². The van der Waals surface area contributed by atoms with Crippen LogP contribution in [0, 0.1) is 0 Å². The number of carbonyl (C=O) groups excluding carboxylic acids is 1. The lowest BCUT2D eigenvalue weighted by atomic mass is 10.4. The number of nitrogens with zero attached hydrogens (tertiary/aromatic N) is 1. The Morgan fingerprint density at radius 2 is 2.50 bits per heavy atom. The molecule has 0 aliphatic heterocycles. The van der Waals surface area contributed by atoms with Crippen LogP contribution in [0.25, 0.3) is 0 Å². The van der Waals surface area contributed by atoms with Crippen LogP contribution in [0.3, 0.4) is 0 Å². The number of ether oxygens (including phenoxy) is 1. The molecule has 0 atom stereocenters. The molecule has 0 amide bonds. The predicted molar refractivity (Wildman–Crippen MR) is 65.1 cm³/mol. The maximum Gasteiger partial charge on any atom is 0.330 e. The second-order valence-electron chi connectivity index (χ2n) is 2.88. The SMILES string of the molecule is CCOC(=O)/C=C/CSc1ccncc1N. The van der Waals surface area contributed by atoms with Crippen molar-refractivity contribution in [2.24, 2.45) is 0 Å². The lowest BCUT2D eigenvalue weighted by molar-refractivity contribution is -0.137. The van der Waals surface area contributed by atoms with Crippen LogP contribution in [0.4, 0.5) is 5.69 Å². The normalized spacial score (nSPS) is 10.6. The summed E-state index contributed by atoms with van der Waals surface area (Å²) in [4.78, 5) is 15.8. The highest BCUT2D eigenvalue weighted by molar-refractivity contribution is 7.99. The van der Waals surface area contributed by atoms with Gasteiger partial charge in [-0.15, -0.1) is 11.8 Å². The number of anilines is 1. The van der Waals surface area contributed by atoms with Crippen LogP contribution in [-0.2, 0) is 9.53 Å². The number of rotatable bonds is 5. The summed E-state index contributed by atoms with van der Waals surface area (Å²) in [6.07, 6.45) is 6.47. The number of nitrogen functional groups attached to an aromatic ring is 1. The Morgan fingerprint density at radius 1 is 1.69 bits per heavy atom. The number of nitrogens with two attached hydrogens (primary N) is 1. The third-order valence-corrected chi connectivity index (χ3v) is 2.73. The van der Waals surface area contributed by atoms with Gasteiger partial charge in [-0.3, -0.25) is 4.98 Å². The first-order valence-corrected chi connectivity index (χ1v) is 5.88. The lowest BCUT2D eigenvalue weighted by Gasteiger charge is -2.01. The summed E-state index contributed by atoms with van der Waals surface area (Å²) in [5.74, 6) is 0.360. The van der Waals surface area contributed by atoms with Crippen molar-refractivity contribution in [3.8, 4) is 0 Å². The fourth-order valence-electron chi connectivity index (χ4n) is 0.998. The molecular weight excluding hydrogens is 224 g/mol. The Bertz CT molecular complexity index is 380. The van der Waals surface area contributed by atoms with E-state index in [0.717, 1.165) is 4.90 Å². The molecule has 1 heterocycles. The summed E-state index contributed by atoms with van der Waals surface area (Å²) in [6.45, 7) is 2.17. The van der Waals surface area contributed by atoms with E-state index < -0.39 is 0 Å². The van der Waals surface area contributed by atoms with Crippen LogP contribution >= 0.6 is 11.8 Å². The Balaban J connectivity index is 2.36. The van der Waals surface area contributed by atoms with Gasteiger partial charge in [0, 0.05) is 22.9 Å². The molecule has 1 rings (SSSR count). The van der Waals surface area contributed by atoms with Crippen LogP contribution in [0.5, 0.6) is 0 Å². The third-order valence-electron chi connectivity index (χ3n) is 1.69. The molecule has 5 heteroatoms. The van der Waals surface area contributed by atoms with E-state index in [9.17, 15) is 4.79 Å². The van der Waals surface area contributed by atoms with Crippen molar-refractivity contribution in [3.63, 3.8) is 0 Å². The molecule has 0 bridgehead atoms. The van der Waals surface area contributed by atoms with Crippen molar-refractivity contribution in [3.05, 3.63) is 30.6 Å². The monoisotopic (exact) mass is 238 g/mol. The van der Waals surface area contributed by atoms with Crippen molar-refractivity contribution < 1.29 is 9.53 Å². The van der Waals surface area contributed by atoms with E-state index in [1.54, 1.807) is 37.2 Å². The average Bonchev–Trinajstić information content (AvgIpc) is 2.27. The van der Waals surface area contributed by atoms with Gasteiger partial charge < -0.3 is 10.5 Å². The second-order valence-corrected chi connectivity index (χ2v) is 3.94. The standard InChI is InChI=1S/C11H14N2O2S/c1-2-15-11(14)4-3-7-16-10-5-6-13-8-9(10)12/h3-6,8H,2,7,12H2,1H3/b4-3+. The van der Waals surface area contributed by atoms with Gasteiger partial charge in [0.2, 0.25) is 0 Å². The van der Waals surface area contributed by atoms with Crippen LogP contribution in [0.2, 0.25) is 0 Å². The van der Waals surface area contributed by atoms with E-state index in [1.165, 1.54) is 6.08 Å². The van der Waals surface area contributed by atoms with E-state index in [-0.39, 0.29) is 5.97 Å². The van der Waals surface area contributed by atoms with E-state index in [2.05, 4.69) is 4.98 Å². The molecule has 0 saturated carbocycles. The first kappa shape index (κ1) is 12.6. The number of hydrogen-bond acceptors (Lipinski definition) is 5. The number of carbonyl (C=O) groups is 1. The van der Waals surface area contributed by atoms with E-state index in [4.69, 9.17) is 10.5 Å². The third kappa shape index (κ3) is 4.35. The fraction of sp³-hybridized carbons (Fsp3) is 0.273. The summed E-state index contributed by atoms with van der Waals surface area (Å²) < 4.78 is 4.75. The van der Waals surface area contributed by atoms with Crippen LogP contribution in [0.1, 0.15) is 6.92 Å². The molecule has 0 radical (unpaired) electrons. The summed E-state index contributed by atoms with van der Waals surface area (Å²) in [5, 5.41) is 0. The fourth-order valence-corrected chi connectivity index (χ4v) is 1.75. The van der Waals surface area contributed by atoms with Gasteiger partial charge in [0.1, 0.15) is 0 Å². The first-order valence-electron chi connectivity index (χ1n) is 4.89. The van der Waals surface area contributed by atoms with Gasteiger partial charge in [-0.05, 0) is 13.0 Å². The van der Waals surface area contributed by atoms with Crippen molar-refractivity contribution in [2.75, 3.05) is 18.1 Å². The average molecular weight is 238 g/mol. The smallest absolute Gasteiger partial charge is 0.330 e. The molecule has 1 aromatic heterocycles. The van der Waals surface area contributed by atoms with E-state index in [0.29, 0.717) is 18.0 Å². The molecule has 0 aliphatic carbocycles. The van der Waals surface area contributed by atoms with Gasteiger partial charge in [0.05, 0.1) is 18.5 Å². The minimum Gasteiger partial charge on any atom is -0.463 e. The van der Waals surface area contributed by atoms with E-state index >= 15 is 0 Å². The van der Waals surface area contributed by atoms with Gasteiger partial charge in [-0.1, -0.05) is 6.08 Å². The summed E-state index contributed by atoms with van der Waals surface area (Å²) in [6, 6.07) is 1.85. The molecule has 0 fully saturated rings. The number of pyridine rings is 1. The van der Waals surface area contributed by atoms with Gasteiger partial charge in [0.15, 0.2) is 0 Å². The molecule has 1 aromatic rings. The first-order chi connectivity index (χ1) is 7.74. The topological polar surface area (TPSA) is 65.2 Å². The zero-order valence-electron chi connectivity index (χ0n) is 9.05. The molecule has 0 aromatic carbocycles. The Hall–Kier alpha value is -1.49. The largest absolute Gasteiger partial charge is 0.463 e. The Morgan fingerprint density at radius 3 is 3.19 bits per heavy atom. The second kappa shape index (κ2) is 6.90. The highest BCUT2D eigenvalue weighted by atomic mass is 32.2. The van der Waals surface area contributed by atoms with Gasteiger partial charge >= 0.3 is 5.97 Å². The van der Waals surface area contributed by atoms with Crippen molar-refractivity contribution >= 4 is 23.4 Å². The zero-order chi connectivity index (χ0) is 11.8. The molecule has 86 valence electrons. The van der Waals surface area contributed by atoms with Crippen molar-refractivity contribution in [1.82, 2.24) is 4.98 Å². The molecule has 0 aliphatic rings. The molecule has 2 N–H and O–H groups in total. The molecular formula is C11H14N2O2S. The number of thioether (sulfide) groups is 1. The molecule has 0 unspecified atom stereocenters. The minimum atomic E-state index is -0.314. The quantitative estimate of drug-likeness (QED) is 0.482. The predicted octanol–water partition coefficient (Wildman–Crippen LogP) is 1.88. The lowest BCUT2D eigenvalue weighted by Crippen LogP contribution is -1.98.